The summed E-state index contributed by atoms with van der Waals surface area (Å²) >= 11 is 4.73. The lowest BCUT2D eigenvalue weighted by molar-refractivity contribution is -0.138. The molecule has 2 aromatic carbocycles. The van der Waals surface area contributed by atoms with Crippen LogP contribution in [0, 0.1) is 0 Å². The summed E-state index contributed by atoms with van der Waals surface area (Å²) in [6.07, 6.45) is 3.31. The van der Waals surface area contributed by atoms with E-state index in [4.69, 9.17) is 14.2 Å². The van der Waals surface area contributed by atoms with Gasteiger partial charge in [-0.25, -0.2) is 9.79 Å². The summed E-state index contributed by atoms with van der Waals surface area (Å²) in [4.78, 5) is 31.9. The fourth-order valence-corrected chi connectivity index (χ4v) is 5.34. The number of esters is 1. The highest BCUT2D eigenvalue weighted by Crippen LogP contribution is 2.36. The van der Waals surface area contributed by atoms with Gasteiger partial charge < -0.3 is 14.2 Å². The molecule has 1 aliphatic rings. The van der Waals surface area contributed by atoms with Gasteiger partial charge in [0.25, 0.3) is 5.56 Å². The largest absolute Gasteiger partial charge is 0.493 e. The molecule has 1 aromatic heterocycles. The van der Waals surface area contributed by atoms with Crippen LogP contribution >= 0.6 is 27.3 Å². The highest BCUT2D eigenvalue weighted by Gasteiger charge is 2.34. The number of fused-ring (bicyclic) bond motifs is 1. The van der Waals surface area contributed by atoms with Crippen molar-refractivity contribution in [2.75, 3.05) is 20.8 Å². The van der Waals surface area contributed by atoms with Gasteiger partial charge in [-0.3, -0.25) is 9.36 Å². The summed E-state index contributed by atoms with van der Waals surface area (Å²) < 4.78 is 19.2. The maximum atomic E-state index is 13.7. The third-order valence-electron chi connectivity index (χ3n) is 5.44. The van der Waals surface area contributed by atoms with Crippen LogP contribution < -0.4 is 24.4 Å². The van der Waals surface area contributed by atoms with Crippen LogP contribution in [0.5, 0.6) is 11.5 Å². The Morgan fingerprint density at radius 3 is 2.66 bits per heavy atom. The smallest absolute Gasteiger partial charge is 0.338 e. The van der Waals surface area contributed by atoms with Crippen LogP contribution in [0.3, 0.4) is 0 Å². The lowest BCUT2D eigenvalue weighted by Crippen LogP contribution is -2.40. The molecule has 0 bridgehead atoms. The van der Waals surface area contributed by atoms with Gasteiger partial charge in [-0.1, -0.05) is 58.1 Å². The number of hydrogen-bond donors (Lipinski definition) is 0. The molecule has 35 heavy (non-hydrogen) atoms. The van der Waals surface area contributed by atoms with E-state index < -0.39 is 12.0 Å². The van der Waals surface area contributed by atoms with Gasteiger partial charge in [-0.05, 0) is 48.4 Å². The lowest BCUT2D eigenvalue weighted by Gasteiger charge is -2.25. The molecule has 9 heteroatoms. The molecule has 0 spiro atoms. The summed E-state index contributed by atoms with van der Waals surface area (Å²) in [7, 11) is 3.08. The minimum atomic E-state index is -0.756. The number of ether oxygens (including phenoxy) is 3. The summed E-state index contributed by atoms with van der Waals surface area (Å²) in [5, 5.41) is 0. The zero-order valence-corrected chi connectivity index (χ0v) is 21.8. The number of methoxy groups -OCH3 is 2. The van der Waals surface area contributed by atoms with Gasteiger partial charge in [0, 0.05) is 4.47 Å². The molecule has 2 heterocycles. The van der Waals surface area contributed by atoms with E-state index in [0.29, 0.717) is 32.1 Å². The number of thiazole rings is 1. The Morgan fingerprint density at radius 1 is 1.20 bits per heavy atom. The highest BCUT2D eigenvalue weighted by atomic mass is 79.9. The molecule has 1 aliphatic heterocycles. The van der Waals surface area contributed by atoms with E-state index in [9.17, 15) is 9.59 Å². The van der Waals surface area contributed by atoms with Gasteiger partial charge in [0.1, 0.15) is 6.61 Å². The number of benzene rings is 2. The fraction of sp³-hybridized carbons (Fsp3) is 0.192. The molecule has 0 radical (unpaired) electrons. The predicted molar refractivity (Wildman–Crippen MR) is 139 cm³/mol. The van der Waals surface area contributed by atoms with Gasteiger partial charge in [0.05, 0.1) is 36.1 Å². The standard InChI is InChI=1S/C26H23BrN2O5S/c1-5-11-34-25(31)22-15(2)28-26-29(23(22)17-9-10-19(32-3)20(14-17)33-4)24(30)21(35-26)13-16-7-6-8-18(27)12-16/h5-10,12-14,23H,1,11H2,2-4H3/b21-13+/t23-/m0/s1. The predicted octanol–water partition coefficient (Wildman–Crippen LogP) is 3.74. The summed E-state index contributed by atoms with van der Waals surface area (Å²) in [6.45, 7) is 5.39. The topological polar surface area (TPSA) is 79.1 Å². The zero-order chi connectivity index (χ0) is 25.1. The maximum Gasteiger partial charge on any atom is 0.338 e. The number of hydrogen-bond acceptors (Lipinski definition) is 7. The second-order valence-corrected chi connectivity index (χ2v) is 9.56. The van der Waals surface area contributed by atoms with Crippen LogP contribution in [-0.4, -0.2) is 31.4 Å². The quantitative estimate of drug-likeness (QED) is 0.328. The fourth-order valence-electron chi connectivity index (χ4n) is 3.88. The number of aromatic nitrogens is 1. The molecule has 0 amide bonds. The van der Waals surface area contributed by atoms with Crippen LogP contribution in [0.2, 0.25) is 0 Å². The van der Waals surface area contributed by atoms with Crippen molar-refractivity contribution in [2.45, 2.75) is 13.0 Å². The Hall–Kier alpha value is -3.43. The van der Waals surface area contributed by atoms with Crippen molar-refractivity contribution in [2.24, 2.45) is 4.99 Å². The molecule has 0 unspecified atom stereocenters. The highest BCUT2D eigenvalue weighted by molar-refractivity contribution is 9.10. The lowest BCUT2D eigenvalue weighted by atomic mass is 9.95. The number of rotatable bonds is 7. The first kappa shape index (κ1) is 24.7. The van der Waals surface area contributed by atoms with E-state index in [1.54, 1.807) is 32.2 Å². The average Bonchev–Trinajstić information content (AvgIpc) is 3.15. The monoisotopic (exact) mass is 554 g/mol. The summed E-state index contributed by atoms with van der Waals surface area (Å²) in [5.74, 6) is 0.455. The van der Waals surface area contributed by atoms with Crippen molar-refractivity contribution in [1.29, 1.82) is 0 Å². The first-order valence-electron chi connectivity index (χ1n) is 10.7. The molecular formula is C26H23BrN2O5S. The molecule has 4 rings (SSSR count). The van der Waals surface area contributed by atoms with Crippen molar-refractivity contribution in [1.82, 2.24) is 4.57 Å². The molecule has 0 fully saturated rings. The molecule has 180 valence electrons. The van der Waals surface area contributed by atoms with Gasteiger partial charge in [-0.15, -0.1) is 0 Å². The number of allylic oxidation sites excluding steroid dienone is 1. The molecular weight excluding hydrogens is 532 g/mol. The molecule has 3 aromatic rings. The van der Waals surface area contributed by atoms with Crippen LogP contribution in [-0.2, 0) is 9.53 Å². The van der Waals surface area contributed by atoms with Crippen LogP contribution in [0.1, 0.15) is 24.1 Å². The van der Waals surface area contributed by atoms with E-state index in [2.05, 4.69) is 27.5 Å². The zero-order valence-electron chi connectivity index (χ0n) is 19.4. The number of halogens is 1. The van der Waals surface area contributed by atoms with Crippen molar-refractivity contribution in [3.8, 4) is 11.5 Å². The van der Waals surface area contributed by atoms with E-state index in [0.717, 1.165) is 10.0 Å². The third-order valence-corrected chi connectivity index (χ3v) is 6.92. The van der Waals surface area contributed by atoms with E-state index >= 15 is 0 Å². The molecule has 1 atom stereocenters. The Labute approximate surface area is 214 Å². The van der Waals surface area contributed by atoms with Crippen LogP contribution in [0.15, 0.2) is 80.6 Å². The first-order chi connectivity index (χ1) is 16.9. The second kappa shape index (κ2) is 10.5. The molecule has 0 N–H and O–H groups in total. The first-order valence-corrected chi connectivity index (χ1v) is 12.3. The van der Waals surface area contributed by atoms with E-state index in [1.165, 1.54) is 29.1 Å². The average molecular weight is 555 g/mol. The number of carbonyl (C=O) groups excluding carboxylic acids is 1. The van der Waals surface area contributed by atoms with Gasteiger partial charge >= 0.3 is 5.97 Å². The van der Waals surface area contributed by atoms with Crippen molar-refractivity contribution in [3.63, 3.8) is 0 Å². The van der Waals surface area contributed by atoms with Gasteiger partial charge in [0.2, 0.25) is 0 Å². The van der Waals surface area contributed by atoms with Crippen LogP contribution in [0.25, 0.3) is 6.08 Å². The SMILES string of the molecule is C=CCOC(=O)C1=C(C)N=c2s/c(=C/c3cccc(Br)c3)c(=O)n2[C@H]1c1ccc(OC)c(OC)c1. The Morgan fingerprint density at radius 2 is 1.97 bits per heavy atom. The maximum absolute atomic E-state index is 13.7. The molecule has 0 saturated carbocycles. The van der Waals surface area contributed by atoms with Gasteiger partial charge in [-0.2, -0.15) is 0 Å². The molecule has 7 nitrogen and oxygen atoms in total. The van der Waals surface area contributed by atoms with Crippen LogP contribution in [0.4, 0.5) is 0 Å². The van der Waals surface area contributed by atoms with E-state index in [-0.39, 0.29) is 17.7 Å². The third kappa shape index (κ3) is 4.87. The number of nitrogens with zero attached hydrogens (tertiary/aromatic N) is 2. The summed E-state index contributed by atoms with van der Waals surface area (Å²) in [5.41, 5.74) is 2.04. The Kier molecular flexibility index (Phi) is 7.37. The minimum absolute atomic E-state index is 0.0432. The number of carbonyl (C=O) groups is 1. The van der Waals surface area contributed by atoms with Crippen molar-refractivity contribution >= 4 is 39.3 Å². The molecule has 0 saturated heterocycles. The van der Waals surface area contributed by atoms with Crippen molar-refractivity contribution < 1.29 is 19.0 Å². The van der Waals surface area contributed by atoms with Gasteiger partial charge in [0.15, 0.2) is 16.3 Å². The second-order valence-electron chi connectivity index (χ2n) is 7.64. The normalized spacial score (nSPS) is 15.3. The minimum Gasteiger partial charge on any atom is -0.493 e. The summed E-state index contributed by atoms with van der Waals surface area (Å²) in [6, 6.07) is 12.2. The Balaban J connectivity index is 1.96. The molecule has 0 aliphatic carbocycles. The van der Waals surface area contributed by atoms with Crippen molar-refractivity contribution in [3.05, 3.63) is 102 Å². The Bertz CT molecular complexity index is 1520. The van der Waals surface area contributed by atoms with E-state index in [1.807, 2.05) is 30.3 Å².